The molecule has 0 aromatic carbocycles. The van der Waals surface area contributed by atoms with Gasteiger partial charge in [0.05, 0.1) is 13.2 Å². The molecule has 3 fully saturated rings. The molecule has 2 saturated heterocycles. The van der Waals surface area contributed by atoms with Gasteiger partial charge < -0.3 is 15.0 Å². The highest BCUT2D eigenvalue weighted by Crippen LogP contribution is 2.34. The zero-order valence-corrected chi connectivity index (χ0v) is 12.7. The maximum atomic E-state index is 12.3. The summed E-state index contributed by atoms with van der Waals surface area (Å²) in [6, 6.07) is 0.0957. The van der Waals surface area contributed by atoms with E-state index >= 15 is 0 Å². The maximum absolute atomic E-state index is 12.3. The SMILES string of the molecule is O=C(NC1CCS(=O)C1)N1CCOCC(C2CCC2)C1. The molecule has 3 atom stereocenters. The predicted octanol–water partition coefficient (Wildman–Crippen LogP) is 0.965. The van der Waals surface area contributed by atoms with Crippen molar-refractivity contribution >= 4 is 16.8 Å². The second kappa shape index (κ2) is 6.43. The van der Waals surface area contributed by atoms with E-state index in [9.17, 15) is 9.00 Å². The summed E-state index contributed by atoms with van der Waals surface area (Å²) in [7, 11) is -0.742. The van der Waals surface area contributed by atoms with Crippen LogP contribution < -0.4 is 5.32 Å². The number of carbonyl (C=O) groups excluding carboxylic acids is 1. The van der Waals surface area contributed by atoms with Gasteiger partial charge in [0.25, 0.3) is 0 Å². The van der Waals surface area contributed by atoms with E-state index in [2.05, 4.69) is 5.32 Å². The van der Waals surface area contributed by atoms with Crippen LogP contribution in [-0.4, -0.2) is 59.0 Å². The van der Waals surface area contributed by atoms with Crippen LogP contribution in [0, 0.1) is 11.8 Å². The van der Waals surface area contributed by atoms with E-state index in [0.29, 0.717) is 24.8 Å². The molecule has 20 heavy (non-hydrogen) atoms. The van der Waals surface area contributed by atoms with Gasteiger partial charge in [-0.25, -0.2) is 4.79 Å². The Morgan fingerprint density at radius 2 is 2.10 bits per heavy atom. The van der Waals surface area contributed by atoms with Crippen molar-refractivity contribution in [2.24, 2.45) is 11.8 Å². The monoisotopic (exact) mass is 300 g/mol. The van der Waals surface area contributed by atoms with E-state index in [0.717, 1.165) is 31.2 Å². The van der Waals surface area contributed by atoms with Crippen LogP contribution in [0.4, 0.5) is 4.79 Å². The lowest BCUT2D eigenvalue weighted by molar-refractivity contribution is 0.0775. The maximum Gasteiger partial charge on any atom is 0.317 e. The highest BCUT2D eigenvalue weighted by atomic mass is 32.2. The van der Waals surface area contributed by atoms with Crippen LogP contribution in [0.2, 0.25) is 0 Å². The number of nitrogens with zero attached hydrogens (tertiary/aromatic N) is 1. The van der Waals surface area contributed by atoms with Crippen LogP contribution in [0.1, 0.15) is 25.7 Å². The van der Waals surface area contributed by atoms with Crippen LogP contribution in [0.15, 0.2) is 0 Å². The first-order chi connectivity index (χ1) is 9.72. The molecule has 6 heteroatoms. The normalized spacial score (nSPS) is 35.4. The molecule has 0 bridgehead atoms. The third-order valence-electron chi connectivity index (χ3n) is 4.80. The second-order valence-corrected chi connectivity index (χ2v) is 7.84. The Hall–Kier alpha value is -0.620. The van der Waals surface area contributed by atoms with Gasteiger partial charge in [-0.1, -0.05) is 19.3 Å². The van der Waals surface area contributed by atoms with Crippen LogP contribution in [-0.2, 0) is 15.5 Å². The third kappa shape index (κ3) is 3.34. The molecule has 0 radical (unpaired) electrons. The minimum absolute atomic E-state index is 0.00345. The van der Waals surface area contributed by atoms with Crippen LogP contribution >= 0.6 is 0 Å². The van der Waals surface area contributed by atoms with Gasteiger partial charge in [-0.2, -0.15) is 0 Å². The lowest BCUT2D eigenvalue weighted by Crippen LogP contribution is -2.48. The van der Waals surface area contributed by atoms with E-state index < -0.39 is 10.8 Å². The van der Waals surface area contributed by atoms with Crippen molar-refractivity contribution in [3.05, 3.63) is 0 Å². The molecule has 1 aliphatic carbocycles. The topological polar surface area (TPSA) is 58.6 Å². The van der Waals surface area contributed by atoms with Gasteiger partial charge in [-0.3, -0.25) is 4.21 Å². The molecule has 1 N–H and O–H groups in total. The lowest BCUT2D eigenvalue weighted by Gasteiger charge is -2.35. The highest BCUT2D eigenvalue weighted by Gasteiger charge is 2.32. The first kappa shape index (κ1) is 14.3. The molecule has 5 nitrogen and oxygen atoms in total. The number of ether oxygens (including phenoxy) is 1. The molecule has 114 valence electrons. The Balaban J connectivity index is 1.53. The van der Waals surface area contributed by atoms with Crippen LogP contribution in [0.25, 0.3) is 0 Å². The summed E-state index contributed by atoms with van der Waals surface area (Å²) in [5.41, 5.74) is 0. The number of amides is 2. The Morgan fingerprint density at radius 3 is 2.75 bits per heavy atom. The van der Waals surface area contributed by atoms with E-state index in [4.69, 9.17) is 4.74 Å². The van der Waals surface area contributed by atoms with Crippen molar-refractivity contribution < 1.29 is 13.7 Å². The standard InChI is InChI=1S/C14H24N2O3S/c17-14(15-13-4-7-20(18)10-13)16-5-6-19-9-12(8-16)11-2-1-3-11/h11-13H,1-10H2,(H,15,17). The molecule has 3 unspecified atom stereocenters. The van der Waals surface area contributed by atoms with Crippen LogP contribution in [0.3, 0.4) is 0 Å². The van der Waals surface area contributed by atoms with Crippen molar-refractivity contribution in [2.75, 3.05) is 37.8 Å². The number of hydrogen-bond acceptors (Lipinski definition) is 3. The Labute approximate surface area is 122 Å². The Morgan fingerprint density at radius 1 is 1.25 bits per heavy atom. The lowest BCUT2D eigenvalue weighted by atomic mass is 9.76. The van der Waals surface area contributed by atoms with Gasteiger partial charge in [0.1, 0.15) is 0 Å². The fourth-order valence-electron chi connectivity index (χ4n) is 3.26. The predicted molar refractivity (Wildman–Crippen MR) is 78.0 cm³/mol. The molecular formula is C14H24N2O3S. The van der Waals surface area contributed by atoms with Gasteiger partial charge in [0.2, 0.25) is 0 Å². The molecule has 0 aromatic rings. The third-order valence-corrected chi connectivity index (χ3v) is 6.27. The molecule has 2 aliphatic heterocycles. The van der Waals surface area contributed by atoms with E-state index in [-0.39, 0.29) is 12.1 Å². The number of nitrogens with one attached hydrogen (secondary N) is 1. The van der Waals surface area contributed by atoms with Gasteiger partial charge in [0, 0.05) is 47.4 Å². The number of rotatable bonds is 2. The quantitative estimate of drug-likeness (QED) is 0.826. The molecule has 1 saturated carbocycles. The van der Waals surface area contributed by atoms with Gasteiger partial charge in [-0.05, 0) is 12.3 Å². The summed E-state index contributed by atoms with van der Waals surface area (Å²) in [5.74, 6) is 2.57. The first-order valence-electron chi connectivity index (χ1n) is 7.70. The molecule has 3 rings (SSSR count). The fraction of sp³-hybridized carbons (Fsp3) is 0.929. The Kier molecular flexibility index (Phi) is 4.61. The van der Waals surface area contributed by atoms with Crippen LogP contribution in [0.5, 0.6) is 0 Å². The fourth-order valence-corrected chi connectivity index (χ4v) is 4.67. The molecular weight excluding hydrogens is 276 g/mol. The van der Waals surface area contributed by atoms with Crippen molar-refractivity contribution in [3.8, 4) is 0 Å². The first-order valence-corrected chi connectivity index (χ1v) is 9.19. The zero-order valence-electron chi connectivity index (χ0n) is 11.9. The highest BCUT2D eigenvalue weighted by molar-refractivity contribution is 7.85. The van der Waals surface area contributed by atoms with E-state index in [1.807, 2.05) is 4.90 Å². The summed E-state index contributed by atoms with van der Waals surface area (Å²) in [6.07, 6.45) is 4.73. The number of carbonyl (C=O) groups is 1. The average molecular weight is 300 g/mol. The van der Waals surface area contributed by atoms with Crippen molar-refractivity contribution in [1.82, 2.24) is 10.2 Å². The molecule has 2 amide bonds. The minimum atomic E-state index is -0.742. The van der Waals surface area contributed by atoms with Crippen molar-refractivity contribution in [1.29, 1.82) is 0 Å². The molecule has 0 spiro atoms. The molecule has 2 heterocycles. The minimum Gasteiger partial charge on any atom is -0.379 e. The summed E-state index contributed by atoms with van der Waals surface area (Å²) >= 11 is 0. The number of urea groups is 1. The Bertz CT molecular complexity index is 387. The van der Waals surface area contributed by atoms with Gasteiger partial charge >= 0.3 is 6.03 Å². The van der Waals surface area contributed by atoms with Crippen molar-refractivity contribution in [3.63, 3.8) is 0 Å². The molecule has 3 aliphatic rings. The van der Waals surface area contributed by atoms with E-state index in [1.165, 1.54) is 19.3 Å². The summed E-state index contributed by atoms with van der Waals surface area (Å²) < 4.78 is 17.0. The van der Waals surface area contributed by atoms with Gasteiger partial charge in [-0.15, -0.1) is 0 Å². The summed E-state index contributed by atoms with van der Waals surface area (Å²) in [4.78, 5) is 14.2. The summed E-state index contributed by atoms with van der Waals surface area (Å²) in [5, 5.41) is 3.04. The molecule has 0 aromatic heterocycles. The van der Waals surface area contributed by atoms with E-state index in [1.54, 1.807) is 0 Å². The smallest absolute Gasteiger partial charge is 0.317 e. The average Bonchev–Trinajstić information content (AvgIpc) is 2.62. The number of hydrogen-bond donors (Lipinski definition) is 1. The zero-order chi connectivity index (χ0) is 13.9. The second-order valence-electron chi connectivity index (χ2n) is 6.22. The largest absolute Gasteiger partial charge is 0.379 e. The van der Waals surface area contributed by atoms with Gasteiger partial charge in [0.15, 0.2) is 0 Å². The van der Waals surface area contributed by atoms with Crippen molar-refractivity contribution in [2.45, 2.75) is 31.7 Å². The summed E-state index contributed by atoms with van der Waals surface area (Å²) in [6.45, 7) is 2.91.